The van der Waals surface area contributed by atoms with Crippen LogP contribution in [0.2, 0.25) is 0 Å². The van der Waals surface area contributed by atoms with Crippen molar-refractivity contribution in [3.05, 3.63) is 12.2 Å². The number of piperidine rings is 1. The van der Waals surface area contributed by atoms with Crippen LogP contribution in [0.1, 0.15) is 187 Å². The number of esters is 1. The first kappa shape index (κ1) is 37.2. The summed E-state index contributed by atoms with van der Waals surface area (Å²) in [6, 6.07) is 0. The van der Waals surface area contributed by atoms with Crippen LogP contribution in [-0.4, -0.2) is 37.1 Å². The molecular weight excluding hydrogens is 490 g/mol. The van der Waals surface area contributed by atoms with Crippen LogP contribution in [0.4, 0.5) is 0 Å². The third-order valence-electron chi connectivity index (χ3n) is 9.00. The molecule has 0 spiro atoms. The number of nitrogens with zero attached hydrogens (tertiary/aromatic N) is 1. The molecule has 1 unspecified atom stereocenters. The van der Waals surface area contributed by atoms with E-state index in [9.17, 15) is 4.79 Å². The van der Waals surface area contributed by atoms with Crippen LogP contribution in [-0.2, 0) is 9.53 Å². The highest BCUT2D eigenvalue weighted by Gasteiger charge is 2.26. The number of carbonyl (C=O) groups excluding carboxylic acids is 1. The van der Waals surface area contributed by atoms with Crippen molar-refractivity contribution in [2.24, 2.45) is 5.92 Å². The summed E-state index contributed by atoms with van der Waals surface area (Å²) >= 11 is 0. The number of hydrogen-bond acceptors (Lipinski definition) is 3. The molecule has 1 saturated heterocycles. The largest absolute Gasteiger partial charge is 0.462 e. The van der Waals surface area contributed by atoms with E-state index < -0.39 is 0 Å². The molecule has 1 atom stereocenters. The smallest absolute Gasteiger partial charge is 0.309 e. The fraction of sp³-hybridized carbons (Fsp3) is 0.919. The monoisotopic (exact) mass is 562 g/mol. The third-order valence-corrected chi connectivity index (χ3v) is 9.00. The van der Waals surface area contributed by atoms with Crippen LogP contribution < -0.4 is 0 Å². The Bertz CT molecular complexity index is 567. The van der Waals surface area contributed by atoms with E-state index >= 15 is 0 Å². The number of rotatable bonds is 28. The van der Waals surface area contributed by atoms with Crippen molar-refractivity contribution in [3.63, 3.8) is 0 Å². The van der Waals surface area contributed by atoms with Gasteiger partial charge in [0.25, 0.3) is 0 Å². The molecule has 40 heavy (non-hydrogen) atoms. The van der Waals surface area contributed by atoms with Gasteiger partial charge in [0.05, 0.1) is 5.92 Å². The van der Waals surface area contributed by atoms with Gasteiger partial charge in [0.1, 0.15) is 6.10 Å². The highest BCUT2D eigenvalue weighted by Crippen LogP contribution is 2.22. The summed E-state index contributed by atoms with van der Waals surface area (Å²) < 4.78 is 6.16. The maximum atomic E-state index is 12.9. The lowest BCUT2D eigenvalue weighted by atomic mass is 9.97. The zero-order chi connectivity index (χ0) is 28.9. The van der Waals surface area contributed by atoms with Crippen LogP contribution in [0.15, 0.2) is 12.2 Å². The summed E-state index contributed by atoms with van der Waals surface area (Å²) in [6.45, 7) is 6.62. The Morgan fingerprint density at radius 1 is 0.625 bits per heavy atom. The summed E-state index contributed by atoms with van der Waals surface area (Å²) in [4.78, 5) is 15.2. The topological polar surface area (TPSA) is 29.5 Å². The highest BCUT2D eigenvalue weighted by atomic mass is 16.5. The molecule has 0 aliphatic carbocycles. The van der Waals surface area contributed by atoms with Gasteiger partial charge in [-0.3, -0.25) is 4.79 Å². The average molecular weight is 562 g/mol. The Labute approximate surface area is 251 Å². The van der Waals surface area contributed by atoms with E-state index in [2.05, 4.69) is 37.9 Å². The molecule has 0 aromatic carbocycles. The van der Waals surface area contributed by atoms with E-state index in [1.54, 1.807) is 0 Å². The van der Waals surface area contributed by atoms with E-state index in [1.165, 1.54) is 148 Å². The lowest BCUT2D eigenvalue weighted by molar-refractivity contribution is -0.156. The minimum absolute atomic E-state index is 0.0959. The molecule has 1 rings (SSSR count). The van der Waals surface area contributed by atoms with Crippen molar-refractivity contribution >= 4 is 5.97 Å². The molecular formula is C37H71NO2. The maximum Gasteiger partial charge on any atom is 0.309 e. The molecule has 0 saturated carbocycles. The Balaban J connectivity index is 2.14. The summed E-state index contributed by atoms with van der Waals surface area (Å²) in [7, 11) is 2.15. The first-order chi connectivity index (χ1) is 19.7. The quantitative estimate of drug-likeness (QED) is 0.0540. The van der Waals surface area contributed by atoms with Crippen molar-refractivity contribution in [2.45, 2.75) is 193 Å². The number of carbonyl (C=O) groups is 1. The van der Waals surface area contributed by atoms with Gasteiger partial charge in [-0.05, 0) is 84.3 Å². The molecule has 1 aliphatic heterocycles. The normalized spacial score (nSPS) is 15.7. The molecule has 1 fully saturated rings. The van der Waals surface area contributed by atoms with Gasteiger partial charge in [-0.25, -0.2) is 0 Å². The zero-order valence-electron chi connectivity index (χ0n) is 27.6. The van der Waals surface area contributed by atoms with E-state index in [-0.39, 0.29) is 18.0 Å². The number of unbranched alkanes of at least 4 members (excludes halogenated alkanes) is 20. The van der Waals surface area contributed by atoms with Gasteiger partial charge >= 0.3 is 5.97 Å². The number of allylic oxidation sites excluding steroid dienone is 2. The Kier molecular flexibility index (Phi) is 26.3. The first-order valence-corrected chi connectivity index (χ1v) is 18.2. The molecule has 0 radical (unpaired) electrons. The van der Waals surface area contributed by atoms with Crippen LogP contribution >= 0.6 is 0 Å². The summed E-state index contributed by atoms with van der Waals surface area (Å²) in [6.07, 6.45) is 39.9. The molecule has 1 aliphatic rings. The molecule has 0 aromatic heterocycles. The second-order valence-corrected chi connectivity index (χ2v) is 13.0. The predicted octanol–water partition coefficient (Wildman–Crippen LogP) is 11.6. The predicted molar refractivity (Wildman–Crippen MR) is 176 cm³/mol. The van der Waals surface area contributed by atoms with Gasteiger partial charge in [0.2, 0.25) is 0 Å². The van der Waals surface area contributed by atoms with E-state index in [4.69, 9.17) is 4.74 Å². The lowest BCUT2D eigenvalue weighted by Gasteiger charge is -2.29. The van der Waals surface area contributed by atoms with Crippen LogP contribution in [0.3, 0.4) is 0 Å². The molecule has 0 amide bonds. The number of likely N-dealkylation sites (tertiary alicyclic amines) is 1. The van der Waals surface area contributed by atoms with Crippen molar-refractivity contribution in [3.8, 4) is 0 Å². The molecule has 0 bridgehead atoms. The molecule has 3 heteroatoms. The fourth-order valence-electron chi connectivity index (χ4n) is 6.07. The summed E-state index contributed by atoms with van der Waals surface area (Å²) in [5.41, 5.74) is 0. The van der Waals surface area contributed by atoms with Gasteiger partial charge in [-0.1, -0.05) is 135 Å². The zero-order valence-corrected chi connectivity index (χ0v) is 27.6. The maximum absolute atomic E-state index is 12.9. The van der Waals surface area contributed by atoms with Gasteiger partial charge < -0.3 is 9.64 Å². The minimum Gasteiger partial charge on any atom is -0.462 e. The van der Waals surface area contributed by atoms with Gasteiger partial charge in [-0.15, -0.1) is 0 Å². The Morgan fingerprint density at radius 2 is 1.00 bits per heavy atom. The third kappa shape index (κ3) is 22.8. The Hall–Kier alpha value is -0.830. The van der Waals surface area contributed by atoms with Crippen molar-refractivity contribution in [2.75, 3.05) is 20.1 Å². The van der Waals surface area contributed by atoms with Gasteiger partial charge in [0.15, 0.2) is 0 Å². The average Bonchev–Trinajstić information content (AvgIpc) is 2.96. The number of hydrogen-bond donors (Lipinski definition) is 0. The molecule has 236 valence electrons. The van der Waals surface area contributed by atoms with E-state index in [1.807, 2.05) is 0 Å². The standard InChI is InChI=1S/C37H71NO2/c1-4-6-8-10-12-14-15-16-17-18-19-20-22-24-26-28-30-36(29-27-25-23-21-13-11-9-7-5-2)40-37(39)35-31-33-38(3)34-32-35/h16-17,35-36H,4-15,18-34H2,1-3H3/b17-16-. The van der Waals surface area contributed by atoms with Crippen LogP contribution in [0.5, 0.6) is 0 Å². The number of ether oxygens (including phenoxy) is 1. The highest BCUT2D eigenvalue weighted by molar-refractivity contribution is 5.72. The minimum atomic E-state index is 0.0959. The van der Waals surface area contributed by atoms with Crippen LogP contribution in [0.25, 0.3) is 0 Å². The van der Waals surface area contributed by atoms with E-state index in [0.29, 0.717) is 0 Å². The van der Waals surface area contributed by atoms with Gasteiger partial charge in [0, 0.05) is 0 Å². The van der Waals surface area contributed by atoms with Crippen molar-refractivity contribution in [1.82, 2.24) is 4.90 Å². The van der Waals surface area contributed by atoms with Gasteiger partial charge in [-0.2, -0.15) is 0 Å². The first-order valence-electron chi connectivity index (χ1n) is 18.2. The van der Waals surface area contributed by atoms with E-state index in [0.717, 1.165) is 38.8 Å². The second kappa shape index (κ2) is 28.3. The molecule has 3 nitrogen and oxygen atoms in total. The second-order valence-electron chi connectivity index (χ2n) is 13.0. The van der Waals surface area contributed by atoms with Crippen molar-refractivity contribution in [1.29, 1.82) is 0 Å². The SMILES string of the molecule is CCCCCCCC/C=C\CCCCCCCCC(CCCCCCCCCCC)OC(=O)C1CCN(C)CC1. The molecule has 0 aromatic rings. The summed E-state index contributed by atoms with van der Waals surface area (Å²) in [5.74, 6) is 0.222. The Morgan fingerprint density at radius 3 is 1.43 bits per heavy atom. The van der Waals surface area contributed by atoms with Crippen molar-refractivity contribution < 1.29 is 9.53 Å². The molecule has 0 N–H and O–H groups in total. The van der Waals surface area contributed by atoms with Crippen LogP contribution in [0, 0.1) is 5.92 Å². The molecule has 1 heterocycles. The lowest BCUT2D eigenvalue weighted by Crippen LogP contribution is -2.35. The fourth-order valence-corrected chi connectivity index (χ4v) is 6.07. The summed E-state index contributed by atoms with van der Waals surface area (Å²) in [5, 5.41) is 0.